The molecule has 0 fully saturated rings. The van der Waals surface area contributed by atoms with Gasteiger partial charge >= 0.3 is 0 Å². The molecular formula is C16H12ClN3. The van der Waals surface area contributed by atoms with Gasteiger partial charge in [-0.1, -0.05) is 23.7 Å². The van der Waals surface area contributed by atoms with Crippen molar-refractivity contribution < 1.29 is 0 Å². The maximum Gasteiger partial charge on any atom is 0.101 e. The minimum atomic E-state index is 0.447. The van der Waals surface area contributed by atoms with Gasteiger partial charge in [0.1, 0.15) is 6.07 Å². The van der Waals surface area contributed by atoms with Gasteiger partial charge in [0.15, 0.2) is 0 Å². The fourth-order valence-electron chi connectivity index (χ4n) is 1.94. The molecule has 0 aliphatic rings. The fourth-order valence-corrected chi connectivity index (χ4v) is 2.15. The van der Waals surface area contributed by atoms with Gasteiger partial charge in [-0.3, -0.25) is 0 Å². The molecule has 0 saturated carbocycles. The van der Waals surface area contributed by atoms with Gasteiger partial charge in [0, 0.05) is 19.3 Å². The van der Waals surface area contributed by atoms with Gasteiger partial charge in [0.25, 0.3) is 0 Å². The summed E-state index contributed by atoms with van der Waals surface area (Å²) in [5.74, 6) is 0. The van der Waals surface area contributed by atoms with E-state index in [9.17, 15) is 0 Å². The molecule has 0 saturated heterocycles. The fraction of sp³-hybridized carbons (Fsp3) is 0.125. The zero-order chi connectivity index (χ0) is 14.5. The van der Waals surface area contributed by atoms with E-state index in [4.69, 9.17) is 22.1 Å². The summed E-state index contributed by atoms with van der Waals surface area (Å²) >= 11 is 6.03. The molecule has 98 valence electrons. The first-order valence-corrected chi connectivity index (χ1v) is 6.41. The van der Waals surface area contributed by atoms with E-state index in [1.807, 2.05) is 42.3 Å². The van der Waals surface area contributed by atoms with E-state index in [-0.39, 0.29) is 0 Å². The molecule has 0 aliphatic carbocycles. The standard InChI is InChI=1S/C16H12ClN3/c1-20(11-13-4-2-3-12(7-13)9-18)15-6-5-14(10-19)16(17)8-15/h2-8H,11H2,1H3. The van der Waals surface area contributed by atoms with Crippen LogP contribution in [0.2, 0.25) is 5.02 Å². The largest absolute Gasteiger partial charge is 0.370 e. The van der Waals surface area contributed by atoms with Crippen molar-refractivity contribution in [3.8, 4) is 12.1 Å². The molecule has 20 heavy (non-hydrogen) atoms. The van der Waals surface area contributed by atoms with E-state index in [1.165, 1.54) is 0 Å². The molecule has 0 radical (unpaired) electrons. The molecule has 0 heterocycles. The third-order valence-electron chi connectivity index (χ3n) is 2.99. The normalized spacial score (nSPS) is 9.60. The average Bonchev–Trinajstić information content (AvgIpc) is 2.47. The summed E-state index contributed by atoms with van der Waals surface area (Å²) in [6.07, 6.45) is 0. The molecule has 2 rings (SSSR count). The van der Waals surface area contributed by atoms with Crippen LogP contribution in [0.3, 0.4) is 0 Å². The molecule has 2 aromatic rings. The second kappa shape index (κ2) is 6.10. The lowest BCUT2D eigenvalue weighted by atomic mass is 10.1. The highest BCUT2D eigenvalue weighted by molar-refractivity contribution is 6.32. The number of nitrogens with zero attached hydrogens (tertiary/aromatic N) is 3. The van der Waals surface area contributed by atoms with Crippen molar-refractivity contribution in [3.05, 3.63) is 64.2 Å². The highest BCUT2D eigenvalue weighted by Gasteiger charge is 2.06. The minimum absolute atomic E-state index is 0.447. The maximum absolute atomic E-state index is 8.90. The Bertz CT molecular complexity index is 710. The average molecular weight is 282 g/mol. The zero-order valence-corrected chi connectivity index (χ0v) is 11.7. The Hall–Kier alpha value is -2.49. The predicted molar refractivity (Wildman–Crippen MR) is 79.4 cm³/mol. The number of hydrogen-bond donors (Lipinski definition) is 0. The number of hydrogen-bond acceptors (Lipinski definition) is 3. The summed E-state index contributed by atoms with van der Waals surface area (Å²) < 4.78 is 0. The molecule has 0 bridgehead atoms. The molecule has 0 N–H and O–H groups in total. The number of benzene rings is 2. The molecule has 3 nitrogen and oxygen atoms in total. The van der Waals surface area contributed by atoms with Crippen LogP contribution in [0.15, 0.2) is 42.5 Å². The van der Waals surface area contributed by atoms with Gasteiger partial charge in [-0.25, -0.2) is 0 Å². The first kappa shape index (κ1) is 13.9. The van der Waals surface area contributed by atoms with Gasteiger partial charge in [-0.2, -0.15) is 10.5 Å². The summed E-state index contributed by atoms with van der Waals surface area (Å²) in [4.78, 5) is 2.02. The van der Waals surface area contributed by atoms with Crippen molar-refractivity contribution in [1.29, 1.82) is 10.5 Å². The second-order valence-corrected chi connectivity index (χ2v) is 4.85. The first-order valence-electron chi connectivity index (χ1n) is 6.04. The summed E-state index contributed by atoms with van der Waals surface area (Å²) in [7, 11) is 1.94. The van der Waals surface area contributed by atoms with Crippen LogP contribution in [0, 0.1) is 22.7 Å². The van der Waals surface area contributed by atoms with E-state index < -0.39 is 0 Å². The Kier molecular flexibility index (Phi) is 4.25. The second-order valence-electron chi connectivity index (χ2n) is 4.44. The number of nitriles is 2. The van der Waals surface area contributed by atoms with Crippen molar-refractivity contribution in [2.24, 2.45) is 0 Å². The first-order chi connectivity index (χ1) is 9.63. The monoisotopic (exact) mass is 281 g/mol. The number of anilines is 1. The van der Waals surface area contributed by atoms with Gasteiger partial charge in [0.2, 0.25) is 0 Å². The zero-order valence-electron chi connectivity index (χ0n) is 11.0. The van der Waals surface area contributed by atoms with Gasteiger partial charge in [-0.05, 0) is 35.9 Å². The van der Waals surface area contributed by atoms with Crippen LogP contribution >= 0.6 is 11.6 Å². The lowest BCUT2D eigenvalue weighted by Crippen LogP contribution is -2.16. The number of rotatable bonds is 3. The summed E-state index contributed by atoms with van der Waals surface area (Å²) in [5.41, 5.74) is 3.09. The molecule has 0 spiro atoms. The molecule has 4 heteroatoms. The summed E-state index contributed by atoms with van der Waals surface area (Å²) in [5, 5.41) is 18.2. The molecule has 0 aliphatic heterocycles. The minimum Gasteiger partial charge on any atom is -0.370 e. The predicted octanol–water partition coefficient (Wildman–Crippen LogP) is 3.72. The molecular weight excluding hydrogens is 270 g/mol. The Morgan fingerprint density at radius 3 is 2.55 bits per heavy atom. The Balaban J connectivity index is 2.20. The Morgan fingerprint density at radius 1 is 1.10 bits per heavy atom. The van der Waals surface area contributed by atoms with Crippen molar-refractivity contribution >= 4 is 17.3 Å². The van der Waals surface area contributed by atoms with Crippen molar-refractivity contribution in [2.75, 3.05) is 11.9 Å². The maximum atomic E-state index is 8.90. The van der Waals surface area contributed by atoms with Crippen LogP contribution in [0.4, 0.5) is 5.69 Å². The third-order valence-corrected chi connectivity index (χ3v) is 3.30. The van der Waals surface area contributed by atoms with Crippen molar-refractivity contribution in [3.63, 3.8) is 0 Å². The van der Waals surface area contributed by atoms with E-state index in [0.717, 1.165) is 11.3 Å². The molecule has 0 amide bonds. The van der Waals surface area contributed by atoms with Crippen LogP contribution in [0.5, 0.6) is 0 Å². The summed E-state index contributed by atoms with van der Waals surface area (Å²) in [6.45, 7) is 0.664. The lowest BCUT2D eigenvalue weighted by molar-refractivity contribution is 0.922. The van der Waals surface area contributed by atoms with Gasteiger partial charge in [0.05, 0.1) is 22.2 Å². The van der Waals surface area contributed by atoms with Crippen LogP contribution in [0.1, 0.15) is 16.7 Å². The van der Waals surface area contributed by atoms with E-state index >= 15 is 0 Å². The Morgan fingerprint density at radius 2 is 1.90 bits per heavy atom. The van der Waals surface area contributed by atoms with Crippen LogP contribution < -0.4 is 4.90 Å². The third kappa shape index (κ3) is 3.09. The van der Waals surface area contributed by atoms with Gasteiger partial charge < -0.3 is 4.90 Å². The summed E-state index contributed by atoms with van der Waals surface area (Å²) in [6, 6.07) is 17.0. The van der Waals surface area contributed by atoms with Crippen LogP contribution in [0.25, 0.3) is 0 Å². The topological polar surface area (TPSA) is 50.8 Å². The molecule has 2 aromatic carbocycles. The van der Waals surface area contributed by atoms with Crippen LogP contribution in [-0.4, -0.2) is 7.05 Å². The molecule has 0 aromatic heterocycles. The van der Waals surface area contributed by atoms with Crippen molar-refractivity contribution in [2.45, 2.75) is 6.54 Å². The molecule has 0 unspecified atom stereocenters. The highest BCUT2D eigenvalue weighted by atomic mass is 35.5. The quantitative estimate of drug-likeness (QED) is 0.861. The SMILES string of the molecule is CN(Cc1cccc(C#N)c1)c1ccc(C#N)c(Cl)c1. The Labute approximate surface area is 123 Å². The van der Waals surface area contributed by atoms with Crippen LogP contribution in [-0.2, 0) is 6.54 Å². The lowest BCUT2D eigenvalue weighted by Gasteiger charge is -2.20. The van der Waals surface area contributed by atoms with Crippen molar-refractivity contribution in [1.82, 2.24) is 0 Å². The van der Waals surface area contributed by atoms with E-state index in [0.29, 0.717) is 22.7 Å². The highest BCUT2D eigenvalue weighted by Crippen LogP contribution is 2.23. The molecule has 0 atom stereocenters. The smallest absolute Gasteiger partial charge is 0.101 e. The van der Waals surface area contributed by atoms with E-state index in [1.54, 1.807) is 18.2 Å². The van der Waals surface area contributed by atoms with E-state index in [2.05, 4.69) is 6.07 Å². The van der Waals surface area contributed by atoms with Gasteiger partial charge in [-0.15, -0.1) is 0 Å². The number of halogens is 1.